The van der Waals surface area contributed by atoms with Gasteiger partial charge in [-0.2, -0.15) is 0 Å². The molecule has 0 radical (unpaired) electrons. The van der Waals surface area contributed by atoms with Crippen molar-refractivity contribution in [3.8, 4) is 11.1 Å². The van der Waals surface area contributed by atoms with Gasteiger partial charge in [-0.3, -0.25) is 0 Å². The minimum absolute atomic E-state index is 0.367. The highest BCUT2D eigenvalue weighted by molar-refractivity contribution is 7.25. The fraction of sp³-hybridized carbons (Fsp3) is 0.357. The third-order valence-corrected chi connectivity index (χ3v) is 9.87. The first-order chi connectivity index (χ1) is 15.1. The summed E-state index contributed by atoms with van der Waals surface area (Å²) in [5, 5.41) is 15.7. The summed E-state index contributed by atoms with van der Waals surface area (Å²) in [6.45, 7) is 0. The van der Waals surface area contributed by atoms with Gasteiger partial charge < -0.3 is 5.11 Å². The van der Waals surface area contributed by atoms with Gasteiger partial charge in [-0.1, -0.05) is 41.9 Å². The highest BCUT2D eigenvalue weighted by atomic mass is 35.5. The SMILES string of the molecule is OC1(c2cc(Cl)ccc2-c2ccc3sc4ccccc4c3c2)C2CC3CC(C2)CC1C3. The van der Waals surface area contributed by atoms with Crippen molar-refractivity contribution in [2.75, 3.05) is 0 Å². The van der Waals surface area contributed by atoms with E-state index in [4.69, 9.17) is 11.6 Å². The van der Waals surface area contributed by atoms with Crippen LogP contribution in [0.15, 0.2) is 60.7 Å². The third-order valence-electron chi connectivity index (χ3n) is 8.48. The van der Waals surface area contributed by atoms with E-state index in [0.717, 1.165) is 28.0 Å². The standard InChI is InChI=1S/C28H25ClOS/c29-21-6-7-22(18-5-8-27-24(14-18)23-3-1-2-4-26(23)31-27)25(15-21)28(30)19-10-16-9-17(12-19)13-20(28)11-16/h1-8,14-17,19-20,30H,9-13H2. The van der Waals surface area contributed by atoms with Gasteiger partial charge in [-0.25, -0.2) is 0 Å². The Bertz CT molecular complexity index is 1310. The molecule has 4 aliphatic rings. The van der Waals surface area contributed by atoms with Crippen molar-refractivity contribution in [2.45, 2.75) is 37.7 Å². The number of thiophene rings is 1. The molecular formula is C28H25ClOS. The van der Waals surface area contributed by atoms with Crippen LogP contribution in [0.2, 0.25) is 5.02 Å². The lowest BCUT2D eigenvalue weighted by molar-refractivity contribution is -0.179. The molecule has 3 heteroatoms. The lowest BCUT2D eigenvalue weighted by Crippen LogP contribution is -2.55. The summed E-state index contributed by atoms with van der Waals surface area (Å²) in [6, 6.07) is 21.6. The summed E-state index contributed by atoms with van der Waals surface area (Å²) >= 11 is 8.37. The van der Waals surface area contributed by atoms with E-state index in [-0.39, 0.29) is 0 Å². The van der Waals surface area contributed by atoms with Gasteiger partial charge in [0.05, 0.1) is 5.60 Å². The molecule has 0 saturated heterocycles. The van der Waals surface area contributed by atoms with Crippen LogP contribution in [0.1, 0.15) is 37.7 Å². The van der Waals surface area contributed by atoms with E-state index in [2.05, 4.69) is 54.6 Å². The fourth-order valence-corrected chi connectivity index (χ4v) is 8.59. The van der Waals surface area contributed by atoms with E-state index >= 15 is 0 Å². The largest absolute Gasteiger partial charge is 0.385 e. The van der Waals surface area contributed by atoms with Gasteiger partial charge in [0.1, 0.15) is 0 Å². The molecule has 4 saturated carbocycles. The maximum absolute atomic E-state index is 12.3. The van der Waals surface area contributed by atoms with Gasteiger partial charge in [0, 0.05) is 25.2 Å². The van der Waals surface area contributed by atoms with E-state index in [1.165, 1.54) is 57.8 Å². The molecule has 1 N–H and O–H groups in total. The lowest BCUT2D eigenvalue weighted by Gasteiger charge is -2.59. The Morgan fingerprint density at radius 3 is 2.26 bits per heavy atom. The highest BCUT2D eigenvalue weighted by Crippen LogP contribution is 2.62. The Morgan fingerprint density at radius 1 is 0.774 bits per heavy atom. The molecular weight excluding hydrogens is 420 g/mol. The van der Waals surface area contributed by atoms with Crippen molar-refractivity contribution in [2.24, 2.45) is 23.7 Å². The zero-order valence-corrected chi connectivity index (χ0v) is 18.9. The molecule has 0 aliphatic heterocycles. The molecule has 8 rings (SSSR count). The Balaban J connectivity index is 1.43. The minimum Gasteiger partial charge on any atom is -0.385 e. The van der Waals surface area contributed by atoms with Gasteiger partial charge in [0.15, 0.2) is 0 Å². The third kappa shape index (κ3) is 2.65. The first-order valence-corrected chi connectivity index (χ1v) is 12.7. The second-order valence-electron chi connectivity index (χ2n) is 10.1. The molecule has 1 nitrogen and oxygen atoms in total. The molecule has 0 unspecified atom stereocenters. The number of hydrogen-bond donors (Lipinski definition) is 1. The predicted molar refractivity (Wildman–Crippen MR) is 131 cm³/mol. The minimum atomic E-state index is -0.751. The number of fused-ring (bicyclic) bond motifs is 3. The van der Waals surface area contributed by atoms with Crippen LogP contribution in [0.5, 0.6) is 0 Å². The maximum Gasteiger partial charge on any atom is 0.0959 e. The average Bonchev–Trinajstić information content (AvgIpc) is 3.15. The summed E-state index contributed by atoms with van der Waals surface area (Å²) in [4.78, 5) is 0. The van der Waals surface area contributed by atoms with Crippen molar-refractivity contribution in [3.63, 3.8) is 0 Å². The lowest BCUT2D eigenvalue weighted by atomic mass is 9.48. The van der Waals surface area contributed by atoms with E-state index in [1.54, 1.807) is 0 Å². The quantitative estimate of drug-likeness (QED) is 0.332. The van der Waals surface area contributed by atoms with Crippen LogP contribution < -0.4 is 0 Å². The van der Waals surface area contributed by atoms with Crippen molar-refractivity contribution < 1.29 is 5.11 Å². The van der Waals surface area contributed by atoms with Crippen molar-refractivity contribution >= 4 is 43.1 Å². The van der Waals surface area contributed by atoms with Crippen LogP contribution in [0.4, 0.5) is 0 Å². The molecule has 1 heterocycles. The van der Waals surface area contributed by atoms with Gasteiger partial charge >= 0.3 is 0 Å². The second kappa shape index (κ2) is 6.57. The summed E-state index contributed by atoms with van der Waals surface area (Å²) in [7, 11) is 0. The average molecular weight is 445 g/mol. The Morgan fingerprint density at radius 2 is 1.48 bits per heavy atom. The zero-order chi connectivity index (χ0) is 20.7. The van der Waals surface area contributed by atoms with Crippen LogP contribution in [0.3, 0.4) is 0 Å². The van der Waals surface area contributed by atoms with Crippen LogP contribution >= 0.6 is 22.9 Å². The molecule has 1 aromatic heterocycles. The smallest absolute Gasteiger partial charge is 0.0959 e. The molecule has 0 atom stereocenters. The maximum atomic E-state index is 12.3. The number of benzene rings is 3. The van der Waals surface area contributed by atoms with Gasteiger partial charge in [-0.05, 0) is 103 Å². The second-order valence-corrected chi connectivity index (χ2v) is 11.6. The molecule has 4 aliphatic carbocycles. The van der Waals surface area contributed by atoms with Crippen LogP contribution in [-0.4, -0.2) is 5.11 Å². The first kappa shape index (κ1) is 18.7. The fourth-order valence-electron chi connectivity index (χ4n) is 7.34. The number of halogens is 1. The molecule has 0 amide bonds. The molecule has 4 fully saturated rings. The van der Waals surface area contributed by atoms with E-state index < -0.39 is 5.60 Å². The normalized spacial score (nSPS) is 31.7. The molecule has 4 aromatic rings. The Kier molecular flexibility index (Phi) is 3.96. The predicted octanol–water partition coefficient (Wildman–Crippen LogP) is 8.02. The molecule has 4 bridgehead atoms. The van der Waals surface area contributed by atoms with E-state index in [9.17, 15) is 5.11 Å². The molecule has 3 aromatic carbocycles. The first-order valence-electron chi connectivity index (χ1n) is 11.5. The van der Waals surface area contributed by atoms with Gasteiger partial charge in [0.2, 0.25) is 0 Å². The van der Waals surface area contributed by atoms with Gasteiger partial charge in [-0.15, -0.1) is 11.3 Å². The summed E-state index contributed by atoms with van der Waals surface area (Å²) in [5.41, 5.74) is 2.65. The van der Waals surface area contributed by atoms with Crippen molar-refractivity contribution in [1.82, 2.24) is 0 Å². The summed E-state index contributed by atoms with van der Waals surface area (Å²) < 4.78 is 2.64. The zero-order valence-electron chi connectivity index (χ0n) is 17.4. The van der Waals surface area contributed by atoms with Crippen molar-refractivity contribution in [3.05, 3.63) is 71.2 Å². The molecule has 0 spiro atoms. The summed E-state index contributed by atoms with van der Waals surface area (Å²) in [6.07, 6.45) is 6.06. The Labute approximate surface area is 191 Å². The number of aliphatic hydroxyl groups is 1. The van der Waals surface area contributed by atoms with E-state index in [1.807, 2.05) is 17.4 Å². The topological polar surface area (TPSA) is 20.2 Å². The van der Waals surface area contributed by atoms with Crippen LogP contribution in [0.25, 0.3) is 31.3 Å². The van der Waals surface area contributed by atoms with Crippen molar-refractivity contribution in [1.29, 1.82) is 0 Å². The molecule has 156 valence electrons. The summed E-state index contributed by atoms with van der Waals surface area (Å²) in [5.74, 6) is 2.37. The highest BCUT2D eigenvalue weighted by Gasteiger charge is 2.57. The number of hydrogen-bond acceptors (Lipinski definition) is 2. The monoisotopic (exact) mass is 444 g/mol. The number of rotatable bonds is 2. The molecule has 31 heavy (non-hydrogen) atoms. The van der Waals surface area contributed by atoms with Crippen LogP contribution in [0, 0.1) is 23.7 Å². The van der Waals surface area contributed by atoms with E-state index in [0.29, 0.717) is 11.8 Å². The van der Waals surface area contributed by atoms with Gasteiger partial charge in [0.25, 0.3) is 0 Å². The van der Waals surface area contributed by atoms with Crippen LogP contribution in [-0.2, 0) is 5.60 Å². The Hall–Kier alpha value is -1.87.